The van der Waals surface area contributed by atoms with E-state index in [-0.39, 0.29) is 29.2 Å². The number of carbonyl (C=O) groups is 2. The van der Waals surface area contributed by atoms with Gasteiger partial charge in [0.1, 0.15) is 11.6 Å². The number of halogens is 1. The molecule has 3 heterocycles. The van der Waals surface area contributed by atoms with Crippen LogP contribution >= 0.6 is 0 Å². The summed E-state index contributed by atoms with van der Waals surface area (Å²) in [6.45, 7) is 2.77. The number of nitrogens with zero attached hydrogens (tertiary/aromatic N) is 5. The van der Waals surface area contributed by atoms with Gasteiger partial charge >= 0.3 is 0 Å². The highest BCUT2D eigenvalue weighted by molar-refractivity contribution is 6.02. The monoisotopic (exact) mass is 410 g/mol. The molecule has 9 heteroatoms. The fourth-order valence-electron chi connectivity index (χ4n) is 3.81. The molecule has 2 aromatic heterocycles. The second-order valence-electron chi connectivity index (χ2n) is 7.55. The molecule has 0 spiro atoms. The molecule has 3 aromatic rings. The predicted octanol–water partition coefficient (Wildman–Crippen LogP) is 2.37. The molecule has 1 fully saturated rings. The summed E-state index contributed by atoms with van der Waals surface area (Å²) in [5.74, 6) is -0.767. The summed E-state index contributed by atoms with van der Waals surface area (Å²) >= 11 is 0. The van der Waals surface area contributed by atoms with Crippen LogP contribution in [0.3, 0.4) is 0 Å². The Labute approximate surface area is 173 Å². The smallest absolute Gasteiger partial charge is 0.257 e. The third kappa shape index (κ3) is 3.47. The highest BCUT2D eigenvalue weighted by Crippen LogP contribution is 2.26. The molecule has 1 aliphatic heterocycles. The summed E-state index contributed by atoms with van der Waals surface area (Å²) in [7, 11) is 1.79. The van der Waals surface area contributed by atoms with Gasteiger partial charge in [0, 0.05) is 31.7 Å². The Morgan fingerprint density at radius 3 is 2.50 bits per heavy atom. The van der Waals surface area contributed by atoms with E-state index in [0.717, 1.165) is 12.1 Å². The van der Waals surface area contributed by atoms with Gasteiger partial charge in [-0.3, -0.25) is 14.3 Å². The SMILES string of the molecule is Cc1c(C(=O)N2CCCC(C(=O)c3cnn(-c4ccc(F)cc4)c3N)C2)cnn1C. The molecular weight excluding hydrogens is 387 g/mol. The number of likely N-dealkylation sites (tertiary alicyclic amines) is 1. The third-order valence-electron chi connectivity index (χ3n) is 5.69. The van der Waals surface area contributed by atoms with Crippen LogP contribution in [-0.4, -0.2) is 49.2 Å². The number of aromatic nitrogens is 4. The summed E-state index contributed by atoms with van der Waals surface area (Å²) in [6.07, 6.45) is 4.41. The molecule has 1 saturated heterocycles. The molecule has 0 aliphatic carbocycles. The Bertz CT molecular complexity index is 1100. The number of anilines is 1. The summed E-state index contributed by atoms with van der Waals surface area (Å²) in [4.78, 5) is 27.8. The quantitative estimate of drug-likeness (QED) is 0.666. The second-order valence-corrected chi connectivity index (χ2v) is 7.55. The average molecular weight is 410 g/mol. The zero-order valence-corrected chi connectivity index (χ0v) is 16.9. The van der Waals surface area contributed by atoms with Crippen LogP contribution in [0.5, 0.6) is 0 Å². The van der Waals surface area contributed by atoms with E-state index in [2.05, 4.69) is 10.2 Å². The molecule has 1 aromatic carbocycles. The van der Waals surface area contributed by atoms with Crippen molar-refractivity contribution in [2.45, 2.75) is 19.8 Å². The number of piperidine rings is 1. The van der Waals surface area contributed by atoms with E-state index in [1.54, 1.807) is 35.0 Å². The number of Topliss-reactive ketones (excluding diaryl/α,β-unsaturated/α-hetero) is 1. The highest BCUT2D eigenvalue weighted by atomic mass is 19.1. The van der Waals surface area contributed by atoms with Crippen molar-refractivity contribution in [1.82, 2.24) is 24.5 Å². The molecule has 4 rings (SSSR count). The molecule has 1 aliphatic rings. The molecule has 1 atom stereocenters. The third-order valence-corrected chi connectivity index (χ3v) is 5.69. The Morgan fingerprint density at radius 2 is 1.83 bits per heavy atom. The lowest BCUT2D eigenvalue weighted by Gasteiger charge is -2.32. The van der Waals surface area contributed by atoms with Crippen molar-refractivity contribution in [2.75, 3.05) is 18.8 Å². The van der Waals surface area contributed by atoms with Crippen molar-refractivity contribution in [2.24, 2.45) is 13.0 Å². The normalized spacial score (nSPS) is 16.6. The van der Waals surface area contributed by atoms with Gasteiger partial charge in [-0.2, -0.15) is 10.2 Å². The molecule has 156 valence electrons. The topological polar surface area (TPSA) is 99.0 Å². The highest BCUT2D eigenvalue weighted by Gasteiger charge is 2.32. The van der Waals surface area contributed by atoms with Gasteiger partial charge in [-0.1, -0.05) is 0 Å². The molecule has 30 heavy (non-hydrogen) atoms. The standard InChI is InChI=1S/C21H23FN6O2/c1-13-17(10-24-26(13)2)21(30)27-9-3-4-14(12-27)19(29)18-11-25-28(20(18)23)16-7-5-15(22)6-8-16/h5-8,10-11,14H,3-4,9,12,23H2,1-2H3. The first-order chi connectivity index (χ1) is 14.4. The lowest BCUT2D eigenvalue weighted by molar-refractivity contribution is 0.0636. The van der Waals surface area contributed by atoms with Gasteiger partial charge in [0.15, 0.2) is 5.78 Å². The van der Waals surface area contributed by atoms with Gasteiger partial charge in [0.2, 0.25) is 0 Å². The van der Waals surface area contributed by atoms with Gasteiger partial charge in [-0.25, -0.2) is 9.07 Å². The zero-order chi connectivity index (χ0) is 21.4. The van der Waals surface area contributed by atoms with E-state index in [9.17, 15) is 14.0 Å². The Hall–Kier alpha value is -3.49. The van der Waals surface area contributed by atoms with Gasteiger partial charge in [-0.15, -0.1) is 0 Å². The van der Waals surface area contributed by atoms with E-state index in [0.29, 0.717) is 36.3 Å². The maximum absolute atomic E-state index is 13.2. The Morgan fingerprint density at radius 1 is 1.13 bits per heavy atom. The molecule has 1 unspecified atom stereocenters. The number of aryl methyl sites for hydroxylation is 1. The number of hydrogen-bond acceptors (Lipinski definition) is 5. The van der Waals surface area contributed by atoms with Gasteiger partial charge < -0.3 is 10.6 Å². The number of carbonyl (C=O) groups excluding carboxylic acids is 2. The first-order valence-electron chi connectivity index (χ1n) is 9.78. The number of nitrogens with two attached hydrogens (primary N) is 1. The van der Waals surface area contributed by atoms with E-state index >= 15 is 0 Å². The predicted molar refractivity (Wildman–Crippen MR) is 109 cm³/mol. The Kier molecular flexibility index (Phi) is 5.11. The summed E-state index contributed by atoms with van der Waals surface area (Å²) in [5.41, 5.74) is 8.41. The lowest BCUT2D eigenvalue weighted by atomic mass is 9.90. The van der Waals surface area contributed by atoms with Gasteiger partial charge in [0.05, 0.1) is 29.2 Å². The van der Waals surface area contributed by atoms with Crippen molar-refractivity contribution in [3.63, 3.8) is 0 Å². The zero-order valence-electron chi connectivity index (χ0n) is 16.9. The maximum Gasteiger partial charge on any atom is 0.257 e. The number of nitrogen functional groups attached to an aromatic ring is 1. The number of ketones is 1. The average Bonchev–Trinajstić information content (AvgIpc) is 3.30. The van der Waals surface area contributed by atoms with Crippen molar-refractivity contribution in [3.8, 4) is 5.69 Å². The molecule has 1 amide bonds. The molecule has 0 saturated carbocycles. The van der Waals surface area contributed by atoms with E-state index in [1.165, 1.54) is 23.0 Å². The first-order valence-corrected chi connectivity index (χ1v) is 9.78. The second kappa shape index (κ2) is 7.74. The Balaban J connectivity index is 1.53. The van der Waals surface area contributed by atoms with Crippen LogP contribution in [0.4, 0.5) is 10.2 Å². The summed E-state index contributed by atoms with van der Waals surface area (Å²) < 4.78 is 16.2. The van der Waals surface area contributed by atoms with E-state index < -0.39 is 0 Å². The first kappa shape index (κ1) is 19.8. The minimum absolute atomic E-state index is 0.118. The van der Waals surface area contributed by atoms with E-state index in [1.807, 2.05) is 6.92 Å². The number of hydrogen-bond donors (Lipinski definition) is 1. The van der Waals surface area contributed by atoms with Crippen molar-refractivity contribution in [3.05, 3.63) is 59.3 Å². The van der Waals surface area contributed by atoms with Crippen LogP contribution in [0.15, 0.2) is 36.7 Å². The van der Waals surface area contributed by atoms with Crippen molar-refractivity contribution in [1.29, 1.82) is 0 Å². The maximum atomic E-state index is 13.2. The van der Waals surface area contributed by atoms with Crippen LogP contribution in [0.2, 0.25) is 0 Å². The summed E-state index contributed by atoms with van der Waals surface area (Å²) in [5, 5.41) is 8.34. The molecular formula is C21H23FN6O2. The summed E-state index contributed by atoms with van der Waals surface area (Å²) in [6, 6.07) is 5.71. The van der Waals surface area contributed by atoms with E-state index in [4.69, 9.17) is 5.73 Å². The fraction of sp³-hybridized carbons (Fsp3) is 0.333. The largest absolute Gasteiger partial charge is 0.383 e. The van der Waals surface area contributed by atoms with Gasteiger partial charge in [-0.05, 0) is 44.0 Å². The fourth-order valence-corrected chi connectivity index (χ4v) is 3.81. The van der Waals surface area contributed by atoms with Crippen LogP contribution in [0.1, 0.15) is 39.3 Å². The lowest BCUT2D eigenvalue weighted by Crippen LogP contribution is -2.42. The molecule has 2 N–H and O–H groups in total. The number of amides is 1. The number of rotatable bonds is 4. The number of benzene rings is 1. The van der Waals surface area contributed by atoms with Crippen LogP contribution < -0.4 is 5.73 Å². The molecule has 8 nitrogen and oxygen atoms in total. The molecule has 0 radical (unpaired) electrons. The minimum Gasteiger partial charge on any atom is -0.383 e. The van der Waals surface area contributed by atoms with Crippen molar-refractivity contribution >= 4 is 17.5 Å². The minimum atomic E-state index is -0.364. The molecule has 0 bridgehead atoms. The van der Waals surface area contributed by atoms with Crippen LogP contribution in [0, 0.1) is 18.7 Å². The van der Waals surface area contributed by atoms with Crippen molar-refractivity contribution < 1.29 is 14.0 Å². The van der Waals surface area contributed by atoms with Crippen LogP contribution in [0.25, 0.3) is 5.69 Å². The van der Waals surface area contributed by atoms with Gasteiger partial charge in [0.25, 0.3) is 5.91 Å². The van der Waals surface area contributed by atoms with Crippen LogP contribution in [-0.2, 0) is 7.05 Å².